The van der Waals surface area contributed by atoms with E-state index in [4.69, 9.17) is 14.2 Å². The Labute approximate surface area is 145 Å². The molecule has 0 aromatic rings. The molecule has 0 heterocycles. The summed E-state index contributed by atoms with van der Waals surface area (Å²) in [5.74, 6) is 0.0798. The fourth-order valence-electron chi connectivity index (χ4n) is 1.74. The predicted molar refractivity (Wildman–Crippen MR) is 92.8 cm³/mol. The highest BCUT2D eigenvalue weighted by Gasteiger charge is 2.15. The van der Waals surface area contributed by atoms with Crippen molar-refractivity contribution in [3.8, 4) is 0 Å². The molecular formula is C17H34N2O5. The minimum absolute atomic E-state index is 0.00243. The van der Waals surface area contributed by atoms with E-state index in [1.807, 2.05) is 27.7 Å². The van der Waals surface area contributed by atoms with Crippen LogP contribution in [0.15, 0.2) is 0 Å². The van der Waals surface area contributed by atoms with E-state index in [1.54, 1.807) is 0 Å². The second-order valence-electron chi connectivity index (χ2n) is 6.63. The third-order valence-corrected chi connectivity index (χ3v) is 2.89. The van der Waals surface area contributed by atoms with Gasteiger partial charge in [-0.1, -0.05) is 27.7 Å². The zero-order chi connectivity index (χ0) is 18.3. The summed E-state index contributed by atoms with van der Waals surface area (Å²) < 4.78 is 16.0. The lowest BCUT2D eigenvalue weighted by atomic mass is 9.92. The SMILES string of the molecule is CCC(=O)NCCOCCOCCOCCNC(=O)CC(C)(C)C. The molecule has 0 fully saturated rings. The molecule has 0 bridgehead atoms. The van der Waals surface area contributed by atoms with Crippen LogP contribution in [0.25, 0.3) is 0 Å². The lowest BCUT2D eigenvalue weighted by molar-refractivity contribution is -0.123. The summed E-state index contributed by atoms with van der Waals surface area (Å²) in [7, 11) is 0. The maximum Gasteiger partial charge on any atom is 0.220 e. The number of carbonyl (C=O) groups excluding carboxylic acids is 2. The maximum absolute atomic E-state index is 11.6. The van der Waals surface area contributed by atoms with Crippen LogP contribution in [0.2, 0.25) is 0 Å². The lowest BCUT2D eigenvalue weighted by Gasteiger charge is -2.17. The molecule has 142 valence electrons. The largest absolute Gasteiger partial charge is 0.377 e. The van der Waals surface area contributed by atoms with Crippen LogP contribution in [0.5, 0.6) is 0 Å². The zero-order valence-electron chi connectivity index (χ0n) is 15.6. The van der Waals surface area contributed by atoms with Gasteiger partial charge in [0.15, 0.2) is 0 Å². The fraction of sp³-hybridized carbons (Fsp3) is 0.882. The van der Waals surface area contributed by atoms with Gasteiger partial charge < -0.3 is 24.8 Å². The van der Waals surface area contributed by atoms with Crippen LogP contribution in [0.1, 0.15) is 40.5 Å². The van der Waals surface area contributed by atoms with Crippen molar-refractivity contribution in [3.63, 3.8) is 0 Å². The van der Waals surface area contributed by atoms with Crippen LogP contribution in [0.3, 0.4) is 0 Å². The molecule has 0 spiro atoms. The van der Waals surface area contributed by atoms with Crippen LogP contribution < -0.4 is 10.6 Å². The van der Waals surface area contributed by atoms with Crippen LogP contribution in [-0.2, 0) is 23.8 Å². The molecule has 0 saturated carbocycles. The van der Waals surface area contributed by atoms with Gasteiger partial charge in [0.1, 0.15) is 0 Å². The Morgan fingerprint density at radius 3 is 1.58 bits per heavy atom. The predicted octanol–water partition coefficient (Wildman–Crippen LogP) is 1.11. The van der Waals surface area contributed by atoms with Gasteiger partial charge in [-0.2, -0.15) is 0 Å². The summed E-state index contributed by atoms with van der Waals surface area (Å²) >= 11 is 0. The van der Waals surface area contributed by atoms with E-state index in [-0.39, 0.29) is 17.2 Å². The highest BCUT2D eigenvalue weighted by molar-refractivity contribution is 5.76. The van der Waals surface area contributed by atoms with Gasteiger partial charge in [0.05, 0.1) is 39.6 Å². The molecule has 2 amide bonds. The molecule has 0 aliphatic rings. The Hall–Kier alpha value is -1.18. The van der Waals surface area contributed by atoms with Gasteiger partial charge >= 0.3 is 0 Å². The number of nitrogens with one attached hydrogen (secondary N) is 2. The van der Waals surface area contributed by atoms with E-state index >= 15 is 0 Å². The highest BCUT2D eigenvalue weighted by atomic mass is 16.5. The first-order valence-electron chi connectivity index (χ1n) is 8.62. The van der Waals surface area contributed by atoms with Crippen molar-refractivity contribution in [2.75, 3.05) is 52.7 Å². The summed E-state index contributed by atoms with van der Waals surface area (Å²) in [5.41, 5.74) is 0.00243. The van der Waals surface area contributed by atoms with Crippen molar-refractivity contribution in [1.29, 1.82) is 0 Å². The molecule has 0 atom stereocenters. The first kappa shape index (κ1) is 22.8. The van der Waals surface area contributed by atoms with E-state index in [0.717, 1.165) is 0 Å². The normalized spacial score (nSPS) is 11.3. The van der Waals surface area contributed by atoms with Gasteiger partial charge in [-0.15, -0.1) is 0 Å². The molecule has 7 nitrogen and oxygen atoms in total. The minimum Gasteiger partial charge on any atom is -0.377 e. The minimum atomic E-state index is 0.00243. The average Bonchev–Trinajstić information content (AvgIpc) is 2.49. The second-order valence-corrected chi connectivity index (χ2v) is 6.63. The van der Waals surface area contributed by atoms with E-state index in [9.17, 15) is 9.59 Å². The first-order valence-corrected chi connectivity index (χ1v) is 8.62. The Bertz CT molecular complexity index is 342. The Morgan fingerprint density at radius 1 is 0.750 bits per heavy atom. The third kappa shape index (κ3) is 17.2. The standard InChI is InChI=1S/C17H34N2O5/c1-5-15(20)18-6-8-22-10-12-24-13-11-23-9-7-19-16(21)14-17(2,3)4/h5-14H2,1-4H3,(H,18,20)(H,19,21). The van der Waals surface area contributed by atoms with E-state index < -0.39 is 0 Å². The van der Waals surface area contributed by atoms with E-state index in [1.165, 1.54) is 0 Å². The highest BCUT2D eigenvalue weighted by Crippen LogP contribution is 2.17. The maximum atomic E-state index is 11.6. The first-order chi connectivity index (χ1) is 11.3. The van der Waals surface area contributed by atoms with Gasteiger partial charge in [0, 0.05) is 25.9 Å². The number of hydrogen-bond acceptors (Lipinski definition) is 5. The van der Waals surface area contributed by atoms with Gasteiger partial charge in [-0.05, 0) is 5.41 Å². The summed E-state index contributed by atoms with van der Waals surface area (Å²) in [6.07, 6.45) is 1.00. The molecule has 0 aliphatic heterocycles. The Balaban J connectivity index is 3.20. The number of rotatable bonds is 14. The Kier molecular flexibility index (Phi) is 13.5. The van der Waals surface area contributed by atoms with Crippen molar-refractivity contribution >= 4 is 11.8 Å². The number of hydrogen-bond donors (Lipinski definition) is 2. The molecule has 7 heteroatoms. The number of ether oxygens (including phenoxy) is 3. The fourth-order valence-corrected chi connectivity index (χ4v) is 1.74. The van der Waals surface area contributed by atoms with Crippen LogP contribution >= 0.6 is 0 Å². The number of carbonyl (C=O) groups is 2. The molecule has 0 radical (unpaired) electrons. The van der Waals surface area contributed by atoms with Gasteiger partial charge in [-0.3, -0.25) is 9.59 Å². The average molecular weight is 346 g/mol. The molecule has 0 aromatic heterocycles. The molecular weight excluding hydrogens is 312 g/mol. The van der Waals surface area contributed by atoms with Crippen LogP contribution in [0, 0.1) is 5.41 Å². The van der Waals surface area contributed by atoms with Gasteiger partial charge in [0.2, 0.25) is 11.8 Å². The molecule has 0 unspecified atom stereocenters. The summed E-state index contributed by atoms with van der Waals surface area (Å²) in [4.78, 5) is 22.5. The van der Waals surface area contributed by atoms with Crippen molar-refractivity contribution in [2.45, 2.75) is 40.5 Å². The molecule has 24 heavy (non-hydrogen) atoms. The quantitative estimate of drug-likeness (QED) is 0.460. The van der Waals surface area contributed by atoms with E-state index in [2.05, 4.69) is 10.6 Å². The molecule has 0 aromatic carbocycles. The van der Waals surface area contributed by atoms with Gasteiger partial charge in [0.25, 0.3) is 0 Å². The third-order valence-electron chi connectivity index (χ3n) is 2.89. The summed E-state index contributed by atoms with van der Waals surface area (Å²) in [6.45, 7) is 11.9. The van der Waals surface area contributed by atoms with Gasteiger partial charge in [-0.25, -0.2) is 0 Å². The Morgan fingerprint density at radius 2 is 1.17 bits per heavy atom. The van der Waals surface area contributed by atoms with Crippen molar-refractivity contribution in [2.24, 2.45) is 5.41 Å². The van der Waals surface area contributed by atoms with Crippen molar-refractivity contribution in [1.82, 2.24) is 10.6 Å². The second kappa shape index (κ2) is 14.2. The molecule has 0 saturated heterocycles. The smallest absolute Gasteiger partial charge is 0.220 e. The van der Waals surface area contributed by atoms with Crippen LogP contribution in [-0.4, -0.2) is 64.5 Å². The molecule has 0 aliphatic carbocycles. The summed E-state index contributed by atoms with van der Waals surface area (Å²) in [5, 5.41) is 5.56. The lowest BCUT2D eigenvalue weighted by Crippen LogP contribution is -2.30. The zero-order valence-corrected chi connectivity index (χ0v) is 15.6. The van der Waals surface area contributed by atoms with Crippen molar-refractivity contribution in [3.05, 3.63) is 0 Å². The molecule has 2 N–H and O–H groups in total. The number of amides is 2. The van der Waals surface area contributed by atoms with E-state index in [0.29, 0.717) is 65.6 Å². The molecule has 0 rings (SSSR count). The summed E-state index contributed by atoms with van der Waals surface area (Å²) in [6, 6.07) is 0. The monoisotopic (exact) mass is 346 g/mol. The van der Waals surface area contributed by atoms with Crippen molar-refractivity contribution < 1.29 is 23.8 Å². The topological polar surface area (TPSA) is 85.9 Å². The van der Waals surface area contributed by atoms with Crippen LogP contribution in [0.4, 0.5) is 0 Å².